The lowest BCUT2D eigenvalue weighted by molar-refractivity contribution is -0.200. The quantitative estimate of drug-likeness (QED) is 0.695. The molecule has 0 aromatic heterocycles. The molecule has 4 N–H and O–H groups in total. The molecule has 0 saturated heterocycles. The first-order valence-corrected chi connectivity index (χ1v) is 7.53. The van der Waals surface area contributed by atoms with Gasteiger partial charge in [0, 0.05) is 16.7 Å². The summed E-state index contributed by atoms with van der Waals surface area (Å²) >= 11 is 3.05. The number of benzene rings is 1. The Balaban J connectivity index is 3.02. The Morgan fingerprint density at radius 2 is 2.00 bits per heavy atom. The smallest absolute Gasteiger partial charge is 0.398 e. The Kier molecular flexibility index (Phi) is 5.06. The molecule has 1 rings (SSSR count). The second-order valence-corrected chi connectivity index (χ2v) is 6.68. The Labute approximate surface area is 122 Å². The molecule has 0 spiro atoms. The van der Waals surface area contributed by atoms with Crippen molar-refractivity contribution in [1.29, 1.82) is 0 Å². The monoisotopic (exact) mass is 376 g/mol. The summed E-state index contributed by atoms with van der Waals surface area (Å²) < 4.78 is 62.3. The van der Waals surface area contributed by atoms with Crippen LogP contribution in [0.3, 0.4) is 0 Å². The summed E-state index contributed by atoms with van der Waals surface area (Å²) in [5.74, 6) is 0. The lowest BCUT2D eigenvalue weighted by atomic mass is 10.2. The van der Waals surface area contributed by atoms with Gasteiger partial charge in [-0.05, 0) is 24.6 Å². The maximum Gasteiger partial charge on any atom is 0.415 e. The number of anilines is 1. The number of halogens is 4. The minimum absolute atomic E-state index is 0.177. The number of hydrogen-bond acceptors (Lipinski definition) is 4. The van der Waals surface area contributed by atoms with Crippen LogP contribution >= 0.6 is 15.9 Å². The van der Waals surface area contributed by atoms with Gasteiger partial charge in [-0.3, -0.25) is 0 Å². The van der Waals surface area contributed by atoms with Crippen molar-refractivity contribution in [2.45, 2.75) is 24.1 Å². The lowest BCUT2D eigenvalue weighted by Gasteiger charge is -2.16. The van der Waals surface area contributed by atoms with Crippen molar-refractivity contribution in [2.24, 2.45) is 0 Å². The number of alkyl halides is 3. The summed E-state index contributed by atoms with van der Waals surface area (Å²) in [6.45, 7) is 0.258. The number of nitrogens with two attached hydrogens (primary N) is 1. The molecule has 0 aliphatic rings. The molecule has 0 aliphatic carbocycles. The van der Waals surface area contributed by atoms with Crippen LogP contribution in [0.2, 0.25) is 0 Å². The number of aliphatic hydroxyl groups excluding tert-OH is 1. The number of sulfonamides is 1. The number of hydrogen-bond donors (Lipinski definition) is 3. The maximum atomic E-state index is 12.1. The van der Waals surface area contributed by atoms with Crippen LogP contribution in [-0.4, -0.2) is 32.3 Å². The third-order valence-electron chi connectivity index (χ3n) is 2.50. The minimum atomic E-state index is -4.89. The van der Waals surface area contributed by atoms with Crippen molar-refractivity contribution in [3.63, 3.8) is 0 Å². The van der Waals surface area contributed by atoms with E-state index in [2.05, 4.69) is 15.9 Å². The van der Waals surface area contributed by atoms with E-state index in [0.717, 1.165) is 0 Å². The van der Waals surface area contributed by atoms with E-state index in [9.17, 15) is 21.6 Å². The van der Waals surface area contributed by atoms with Gasteiger partial charge in [-0.25, -0.2) is 13.1 Å². The highest BCUT2D eigenvalue weighted by Crippen LogP contribution is 2.26. The molecule has 1 aromatic rings. The molecule has 0 bridgehead atoms. The van der Waals surface area contributed by atoms with Gasteiger partial charge in [0.1, 0.15) is 0 Å². The largest absolute Gasteiger partial charge is 0.415 e. The Bertz CT molecular complexity index is 605. The van der Waals surface area contributed by atoms with Crippen molar-refractivity contribution in [3.8, 4) is 0 Å². The number of nitrogen functional groups attached to an aromatic ring is 1. The van der Waals surface area contributed by atoms with E-state index in [1.807, 2.05) is 0 Å². The minimum Gasteiger partial charge on any atom is -0.398 e. The Morgan fingerprint density at radius 1 is 1.45 bits per heavy atom. The summed E-state index contributed by atoms with van der Waals surface area (Å²) in [5, 5.41) is 8.79. The molecule has 5 nitrogen and oxygen atoms in total. The van der Waals surface area contributed by atoms with Gasteiger partial charge in [-0.2, -0.15) is 13.2 Å². The molecule has 1 aromatic carbocycles. The van der Waals surface area contributed by atoms with Crippen molar-refractivity contribution in [2.75, 3.05) is 12.3 Å². The Hall–Kier alpha value is -0.840. The molecular formula is C10H12BrF3N2O3S. The molecule has 0 heterocycles. The maximum absolute atomic E-state index is 12.1. The molecule has 10 heteroatoms. The van der Waals surface area contributed by atoms with E-state index in [1.54, 1.807) is 4.72 Å². The summed E-state index contributed by atoms with van der Waals surface area (Å²) in [6, 6.07) is 2.69. The SMILES string of the molecule is Cc1c(N)cc(Br)cc1S(=O)(=O)NCC(O)C(F)(F)F. The van der Waals surface area contributed by atoms with E-state index < -0.39 is 28.8 Å². The fourth-order valence-electron chi connectivity index (χ4n) is 1.34. The first-order chi connectivity index (χ1) is 8.95. The molecule has 0 fully saturated rings. The average Bonchev–Trinajstić information content (AvgIpc) is 2.29. The van der Waals surface area contributed by atoms with Gasteiger partial charge in [-0.1, -0.05) is 15.9 Å². The lowest BCUT2D eigenvalue weighted by Crippen LogP contribution is -2.40. The molecule has 20 heavy (non-hydrogen) atoms. The fraction of sp³-hybridized carbons (Fsp3) is 0.400. The van der Waals surface area contributed by atoms with Crippen molar-refractivity contribution in [1.82, 2.24) is 4.72 Å². The molecule has 0 saturated carbocycles. The van der Waals surface area contributed by atoms with Crippen LogP contribution in [0.1, 0.15) is 5.56 Å². The first kappa shape index (κ1) is 17.2. The van der Waals surface area contributed by atoms with E-state index >= 15 is 0 Å². The first-order valence-electron chi connectivity index (χ1n) is 5.25. The van der Waals surface area contributed by atoms with Crippen LogP contribution in [0.5, 0.6) is 0 Å². The fourth-order valence-corrected chi connectivity index (χ4v) is 3.30. The number of aliphatic hydroxyl groups is 1. The number of nitrogens with one attached hydrogen (secondary N) is 1. The summed E-state index contributed by atoms with van der Waals surface area (Å²) in [7, 11) is -4.21. The molecule has 0 amide bonds. The van der Waals surface area contributed by atoms with Gasteiger partial charge < -0.3 is 10.8 Å². The normalized spacial score (nSPS) is 14.3. The van der Waals surface area contributed by atoms with E-state index in [1.165, 1.54) is 19.1 Å². The summed E-state index contributed by atoms with van der Waals surface area (Å²) in [4.78, 5) is -0.251. The second-order valence-electron chi connectivity index (χ2n) is 4.03. The zero-order chi connectivity index (χ0) is 15.7. The third-order valence-corrected chi connectivity index (χ3v) is 4.51. The predicted molar refractivity (Wildman–Crippen MR) is 70.5 cm³/mol. The van der Waals surface area contributed by atoms with Crippen LogP contribution < -0.4 is 10.5 Å². The standard InChI is InChI=1S/C10H12BrF3N2O3S/c1-5-7(15)2-6(11)3-8(5)20(18,19)16-4-9(17)10(12,13)14/h2-3,9,16-17H,4,15H2,1H3. The number of rotatable bonds is 4. The summed E-state index contributed by atoms with van der Waals surface area (Å²) in [6.07, 6.45) is -7.67. The van der Waals surface area contributed by atoms with Crippen LogP contribution in [0.25, 0.3) is 0 Å². The topological polar surface area (TPSA) is 92.4 Å². The third kappa shape index (κ3) is 4.08. The predicted octanol–water partition coefficient (Wildman–Crippen LogP) is 1.54. The van der Waals surface area contributed by atoms with E-state index in [4.69, 9.17) is 10.8 Å². The Morgan fingerprint density at radius 3 is 2.50 bits per heavy atom. The molecule has 114 valence electrons. The zero-order valence-corrected chi connectivity index (χ0v) is 12.6. The molecule has 1 atom stereocenters. The van der Waals surface area contributed by atoms with Gasteiger partial charge in [0.25, 0.3) is 0 Å². The average molecular weight is 377 g/mol. The van der Waals surface area contributed by atoms with Crippen LogP contribution in [0, 0.1) is 6.92 Å². The van der Waals surface area contributed by atoms with Crippen LogP contribution in [0.4, 0.5) is 18.9 Å². The van der Waals surface area contributed by atoms with Gasteiger partial charge in [0.05, 0.1) is 4.90 Å². The van der Waals surface area contributed by atoms with Crippen molar-refractivity contribution < 1.29 is 26.7 Å². The van der Waals surface area contributed by atoms with Gasteiger partial charge in [-0.15, -0.1) is 0 Å². The van der Waals surface area contributed by atoms with Crippen LogP contribution in [0.15, 0.2) is 21.5 Å². The van der Waals surface area contributed by atoms with Crippen LogP contribution in [-0.2, 0) is 10.0 Å². The highest BCUT2D eigenvalue weighted by molar-refractivity contribution is 9.10. The van der Waals surface area contributed by atoms with E-state index in [0.29, 0.717) is 4.47 Å². The molecule has 1 unspecified atom stereocenters. The highest BCUT2D eigenvalue weighted by atomic mass is 79.9. The highest BCUT2D eigenvalue weighted by Gasteiger charge is 2.38. The van der Waals surface area contributed by atoms with Gasteiger partial charge in [0.15, 0.2) is 6.10 Å². The van der Waals surface area contributed by atoms with Crippen molar-refractivity contribution >= 4 is 31.6 Å². The molecule has 0 radical (unpaired) electrons. The van der Waals surface area contributed by atoms with Gasteiger partial charge in [0.2, 0.25) is 10.0 Å². The molecule has 0 aliphatic heterocycles. The zero-order valence-electron chi connectivity index (χ0n) is 10.2. The molecular weight excluding hydrogens is 365 g/mol. The second kappa shape index (κ2) is 5.88. The summed E-state index contributed by atoms with van der Waals surface area (Å²) in [5.41, 5.74) is 5.98. The van der Waals surface area contributed by atoms with Crippen molar-refractivity contribution in [3.05, 3.63) is 22.2 Å². The van der Waals surface area contributed by atoms with E-state index in [-0.39, 0.29) is 16.1 Å². The van der Waals surface area contributed by atoms with Gasteiger partial charge >= 0.3 is 6.18 Å².